The third-order valence-electron chi connectivity index (χ3n) is 8.08. The Morgan fingerprint density at radius 2 is 1.40 bits per heavy atom. The summed E-state index contributed by atoms with van der Waals surface area (Å²) in [6.45, 7) is -0.313. The maximum atomic E-state index is 14.2. The number of rotatable bonds is 4. The molecule has 1 saturated carbocycles. The quantitative estimate of drug-likeness (QED) is 0.334. The smallest absolute Gasteiger partial charge is 0.340 e. The van der Waals surface area contributed by atoms with Crippen LogP contribution in [0.4, 0.5) is 54.4 Å². The number of likely N-dealkylation sites (tertiary alicyclic amines) is 1. The first kappa shape index (κ1) is 32.4. The van der Waals surface area contributed by atoms with Crippen LogP contribution in [0, 0.1) is 17.6 Å². The van der Waals surface area contributed by atoms with Gasteiger partial charge in [-0.1, -0.05) is 6.07 Å². The maximum absolute atomic E-state index is 14.2. The lowest BCUT2D eigenvalue weighted by atomic mass is 9.86. The first-order valence-electron chi connectivity index (χ1n) is 13.2. The summed E-state index contributed by atoms with van der Waals surface area (Å²) in [5.74, 6) is -7.34. The van der Waals surface area contributed by atoms with Gasteiger partial charge in [-0.2, -0.15) is 26.3 Å². The van der Waals surface area contributed by atoms with Crippen molar-refractivity contribution in [2.24, 2.45) is 5.92 Å². The average molecular weight is 628 g/mol. The Morgan fingerprint density at radius 1 is 0.837 bits per heavy atom. The van der Waals surface area contributed by atoms with Gasteiger partial charge in [-0.25, -0.2) is 22.4 Å². The molecule has 3 amide bonds. The summed E-state index contributed by atoms with van der Waals surface area (Å²) in [6, 6.07) is 1.60. The lowest BCUT2D eigenvalue weighted by Crippen LogP contribution is -2.48. The number of carbonyl (C=O) groups excluding carboxylic acids is 2. The number of benzene rings is 2. The number of halogens is 10. The minimum atomic E-state index is -5.15. The van der Waals surface area contributed by atoms with Gasteiger partial charge >= 0.3 is 18.4 Å². The van der Waals surface area contributed by atoms with Gasteiger partial charge in [-0.3, -0.25) is 9.69 Å². The van der Waals surface area contributed by atoms with Gasteiger partial charge in [0.05, 0.1) is 17.2 Å². The Bertz CT molecular complexity index is 1340. The van der Waals surface area contributed by atoms with Crippen molar-refractivity contribution in [2.45, 2.75) is 55.9 Å². The molecule has 2 aromatic carbocycles. The summed E-state index contributed by atoms with van der Waals surface area (Å²) in [6.07, 6.45) is -11.5. The van der Waals surface area contributed by atoms with E-state index in [-0.39, 0.29) is 37.6 Å². The maximum Gasteiger partial charge on any atom is 0.416 e. The van der Waals surface area contributed by atoms with Crippen LogP contribution in [-0.4, -0.2) is 60.9 Å². The van der Waals surface area contributed by atoms with Gasteiger partial charge < -0.3 is 9.80 Å². The molecule has 5 nitrogen and oxygen atoms in total. The second kappa shape index (κ2) is 11.5. The van der Waals surface area contributed by atoms with E-state index >= 15 is 0 Å². The summed E-state index contributed by atoms with van der Waals surface area (Å²) < 4.78 is 136. The zero-order valence-corrected chi connectivity index (χ0v) is 22.9. The van der Waals surface area contributed by atoms with E-state index in [0.29, 0.717) is 17.0 Å². The van der Waals surface area contributed by atoms with E-state index in [4.69, 9.17) is 0 Å². The van der Waals surface area contributed by atoms with E-state index < -0.39 is 89.4 Å². The fourth-order valence-electron chi connectivity index (χ4n) is 5.60. The topological polar surface area (TPSA) is 43.9 Å². The normalized spacial score (nSPS) is 21.2. The molecule has 0 radical (unpaired) electrons. The zero-order valence-electron chi connectivity index (χ0n) is 22.9. The molecule has 0 bridgehead atoms. The van der Waals surface area contributed by atoms with Crippen molar-refractivity contribution in [3.63, 3.8) is 0 Å². The Kier molecular flexibility index (Phi) is 8.68. The van der Waals surface area contributed by atoms with Crippen molar-refractivity contribution >= 4 is 17.6 Å². The van der Waals surface area contributed by atoms with Gasteiger partial charge in [0, 0.05) is 57.5 Å². The molecule has 2 unspecified atom stereocenters. The lowest BCUT2D eigenvalue weighted by molar-refractivity contribution is -0.143. The number of alkyl halides is 8. The lowest BCUT2D eigenvalue weighted by Gasteiger charge is -2.33. The van der Waals surface area contributed by atoms with E-state index in [1.165, 1.54) is 18.0 Å². The second-order valence-electron chi connectivity index (χ2n) is 10.9. The van der Waals surface area contributed by atoms with Crippen LogP contribution in [0.25, 0.3) is 0 Å². The summed E-state index contributed by atoms with van der Waals surface area (Å²) in [5.41, 5.74) is -3.79. The van der Waals surface area contributed by atoms with Gasteiger partial charge in [0.1, 0.15) is 0 Å². The molecule has 2 fully saturated rings. The van der Waals surface area contributed by atoms with Crippen LogP contribution >= 0.6 is 0 Å². The number of urea groups is 1. The first-order valence-corrected chi connectivity index (χ1v) is 13.2. The Morgan fingerprint density at radius 3 is 1.91 bits per heavy atom. The van der Waals surface area contributed by atoms with E-state index in [1.54, 1.807) is 0 Å². The summed E-state index contributed by atoms with van der Waals surface area (Å²) >= 11 is 0. The number of nitrogens with zero attached hydrogens (tertiary/aromatic N) is 3. The molecule has 236 valence electrons. The van der Waals surface area contributed by atoms with Crippen LogP contribution < -0.4 is 4.90 Å². The molecule has 4 rings (SSSR count). The van der Waals surface area contributed by atoms with E-state index in [2.05, 4.69) is 0 Å². The number of carbonyl (C=O) groups is 2. The van der Waals surface area contributed by atoms with Crippen molar-refractivity contribution in [3.05, 3.63) is 64.7 Å². The van der Waals surface area contributed by atoms with Gasteiger partial charge in [0.25, 0.3) is 0 Å². The van der Waals surface area contributed by atoms with Gasteiger partial charge in [0.15, 0.2) is 11.6 Å². The van der Waals surface area contributed by atoms with Crippen molar-refractivity contribution in [3.8, 4) is 0 Å². The van der Waals surface area contributed by atoms with Crippen molar-refractivity contribution in [1.29, 1.82) is 0 Å². The standard InChI is InChI=1S/C28H27F10N3O2/c1-39(19-11-17(27(33,34)35)10-18(12-19)28(36,37)38)25(43)40(2)23-14-41(24(42)15-5-7-26(31,32)8-6-15)13-20(23)16-3-4-21(29)22(30)9-16/h3-4,9-12,15,20,23H,5-8,13-14H2,1-2H3. The zero-order chi connectivity index (χ0) is 32.1. The van der Waals surface area contributed by atoms with Crippen LogP contribution in [0.5, 0.6) is 0 Å². The van der Waals surface area contributed by atoms with Crippen molar-refractivity contribution in [1.82, 2.24) is 9.80 Å². The first-order chi connectivity index (χ1) is 19.8. The number of hydrogen-bond acceptors (Lipinski definition) is 2. The van der Waals surface area contributed by atoms with E-state index in [9.17, 15) is 53.5 Å². The fourth-order valence-corrected chi connectivity index (χ4v) is 5.60. The van der Waals surface area contributed by atoms with Gasteiger partial charge in [-0.15, -0.1) is 0 Å². The van der Waals surface area contributed by atoms with Gasteiger partial charge in [0.2, 0.25) is 11.8 Å². The predicted octanol–water partition coefficient (Wildman–Crippen LogP) is 7.31. The molecule has 43 heavy (non-hydrogen) atoms. The molecule has 1 aliphatic heterocycles. The fraction of sp³-hybridized carbons (Fsp3) is 0.500. The molecule has 1 heterocycles. The molecule has 0 aromatic heterocycles. The second-order valence-corrected chi connectivity index (χ2v) is 10.9. The van der Waals surface area contributed by atoms with Crippen molar-refractivity contribution in [2.75, 3.05) is 32.1 Å². The average Bonchev–Trinajstić information content (AvgIpc) is 3.37. The number of amides is 3. The molecular weight excluding hydrogens is 600 g/mol. The third-order valence-corrected chi connectivity index (χ3v) is 8.08. The number of anilines is 1. The van der Waals surface area contributed by atoms with Crippen LogP contribution in [-0.2, 0) is 17.1 Å². The number of likely N-dealkylation sites (N-methyl/N-ethyl adjacent to an activating group) is 1. The molecule has 15 heteroatoms. The molecule has 1 saturated heterocycles. The van der Waals surface area contributed by atoms with Gasteiger partial charge in [-0.05, 0) is 48.7 Å². The summed E-state index contributed by atoms with van der Waals surface area (Å²) in [5, 5.41) is 0. The monoisotopic (exact) mass is 627 g/mol. The summed E-state index contributed by atoms with van der Waals surface area (Å²) in [4.78, 5) is 29.6. The highest BCUT2D eigenvalue weighted by atomic mass is 19.4. The Labute approximate surface area is 240 Å². The largest absolute Gasteiger partial charge is 0.416 e. The molecule has 2 atom stereocenters. The molecular formula is C28H27F10N3O2. The molecule has 0 N–H and O–H groups in total. The van der Waals surface area contributed by atoms with Crippen LogP contribution in [0.2, 0.25) is 0 Å². The molecule has 2 aliphatic rings. The third kappa shape index (κ3) is 7.01. The highest BCUT2D eigenvalue weighted by Gasteiger charge is 2.45. The minimum Gasteiger partial charge on any atom is -0.340 e. The highest BCUT2D eigenvalue weighted by molar-refractivity contribution is 5.92. The molecule has 1 aliphatic carbocycles. The Balaban J connectivity index is 1.64. The van der Waals surface area contributed by atoms with Crippen LogP contribution in [0.3, 0.4) is 0 Å². The van der Waals surface area contributed by atoms with Crippen LogP contribution in [0.15, 0.2) is 36.4 Å². The molecule has 2 aromatic rings. The predicted molar refractivity (Wildman–Crippen MR) is 134 cm³/mol. The summed E-state index contributed by atoms with van der Waals surface area (Å²) in [7, 11) is 2.19. The van der Waals surface area contributed by atoms with E-state index in [1.807, 2.05) is 0 Å². The van der Waals surface area contributed by atoms with Crippen molar-refractivity contribution < 1.29 is 53.5 Å². The van der Waals surface area contributed by atoms with E-state index in [0.717, 1.165) is 24.1 Å². The Hall–Kier alpha value is -3.52. The molecule has 0 spiro atoms. The SMILES string of the molecule is CN(C(=O)N(C)C1CN(C(=O)C2CCC(F)(F)CC2)CC1c1ccc(F)c(F)c1)c1cc(C(F)(F)F)cc(C(F)(F)F)c1. The minimum absolute atomic E-state index is 0.0771. The highest BCUT2D eigenvalue weighted by Crippen LogP contribution is 2.41. The number of hydrogen-bond donors (Lipinski definition) is 0. The van der Waals surface area contributed by atoms with Crippen LogP contribution in [0.1, 0.15) is 48.3 Å².